The molecule has 0 radical (unpaired) electrons. The minimum Gasteiger partial charge on any atom is -0.493 e. The van der Waals surface area contributed by atoms with Crippen molar-refractivity contribution in [3.8, 4) is 11.5 Å². The van der Waals surface area contributed by atoms with E-state index >= 15 is 0 Å². The highest BCUT2D eigenvalue weighted by Crippen LogP contribution is 2.28. The highest BCUT2D eigenvalue weighted by atomic mass is 35.5. The summed E-state index contributed by atoms with van der Waals surface area (Å²) in [4.78, 5) is 11.4. The Labute approximate surface area is 112 Å². The van der Waals surface area contributed by atoms with Gasteiger partial charge in [0.15, 0.2) is 11.5 Å². The van der Waals surface area contributed by atoms with Crippen molar-refractivity contribution in [1.82, 2.24) is 0 Å². The Bertz CT molecular complexity index is 393. The van der Waals surface area contributed by atoms with Crippen LogP contribution in [0.5, 0.6) is 11.5 Å². The smallest absolute Gasteiger partial charge is 0.310 e. The Balaban J connectivity index is 2.74. The topological polar surface area (TPSA) is 44.8 Å². The molecule has 0 unspecified atom stereocenters. The number of alkyl halides is 1. The minimum absolute atomic E-state index is 0.222. The van der Waals surface area contributed by atoms with Gasteiger partial charge in [-0.2, -0.15) is 0 Å². The monoisotopic (exact) mass is 272 g/mol. The maximum atomic E-state index is 11.4. The van der Waals surface area contributed by atoms with Crippen LogP contribution in [0.2, 0.25) is 0 Å². The van der Waals surface area contributed by atoms with Gasteiger partial charge < -0.3 is 14.2 Å². The normalized spacial score (nSPS) is 9.94. The fraction of sp³-hybridized carbons (Fsp3) is 0.462. The van der Waals surface area contributed by atoms with Gasteiger partial charge in [-0.1, -0.05) is 6.07 Å². The van der Waals surface area contributed by atoms with Gasteiger partial charge in [-0.3, -0.25) is 4.79 Å². The number of rotatable bonds is 7. The highest BCUT2D eigenvalue weighted by Gasteiger charge is 2.09. The van der Waals surface area contributed by atoms with Gasteiger partial charge in [-0.25, -0.2) is 0 Å². The maximum absolute atomic E-state index is 11.4. The molecule has 0 aliphatic carbocycles. The van der Waals surface area contributed by atoms with E-state index in [9.17, 15) is 4.79 Å². The van der Waals surface area contributed by atoms with Crippen LogP contribution in [-0.4, -0.2) is 32.2 Å². The second-order valence-electron chi connectivity index (χ2n) is 3.50. The van der Waals surface area contributed by atoms with E-state index in [0.29, 0.717) is 30.6 Å². The van der Waals surface area contributed by atoms with Crippen LogP contribution in [-0.2, 0) is 16.0 Å². The predicted octanol–water partition coefficient (Wildman–Crippen LogP) is 2.42. The average Bonchev–Trinajstić information content (AvgIpc) is 2.37. The molecular formula is C13H17ClO4. The molecule has 1 rings (SSSR count). The van der Waals surface area contributed by atoms with Crippen LogP contribution < -0.4 is 9.47 Å². The second kappa shape index (κ2) is 7.82. The lowest BCUT2D eigenvalue weighted by Crippen LogP contribution is -2.08. The molecular weight excluding hydrogens is 256 g/mol. The lowest BCUT2D eigenvalue weighted by molar-refractivity contribution is -0.142. The summed E-state index contributed by atoms with van der Waals surface area (Å²) in [6, 6.07) is 5.34. The summed E-state index contributed by atoms with van der Waals surface area (Å²) < 4.78 is 15.5. The molecule has 0 saturated carbocycles. The SMILES string of the molecule is CCOC(=O)Cc1ccc(OCCCl)c(OC)c1. The number of ether oxygens (including phenoxy) is 3. The molecule has 1 aromatic carbocycles. The van der Waals surface area contributed by atoms with Crippen molar-refractivity contribution in [3.63, 3.8) is 0 Å². The number of esters is 1. The summed E-state index contributed by atoms with van der Waals surface area (Å²) in [5.74, 6) is 1.36. The van der Waals surface area contributed by atoms with Gasteiger partial charge in [0.1, 0.15) is 6.61 Å². The van der Waals surface area contributed by atoms with Crippen molar-refractivity contribution < 1.29 is 19.0 Å². The molecule has 0 fully saturated rings. The lowest BCUT2D eigenvalue weighted by Gasteiger charge is -2.11. The van der Waals surface area contributed by atoms with Gasteiger partial charge in [0.2, 0.25) is 0 Å². The zero-order chi connectivity index (χ0) is 13.4. The molecule has 0 bridgehead atoms. The van der Waals surface area contributed by atoms with Crippen molar-refractivity contribution in [1.29, 1.82) is 0 Å². The molecule has 0 amide bonds. The van der Waals surface area contributed by atoms with E-state index in [0.717, 1.165) is 5.56 Å². The molecule has 0 atom stereocenters. The summed E-state index contributed by atoms with van der Waals surface area (Å²) >= 11 is 5.55. The van der Waals surface area contributed by atoms with Crippen LogP contribution in [0.1, 0.15) is 12.5 Å². The number of hydrogen-bond donors (Lipinski definition) is 0. The van der Waals surface area contributed by atoms with Gasteiger partial charge in [-0.05, 0) is 24.6 Å². The summed E-state index contributed by atoms with van der Waals surface area (Å²) in [6.45, 7) is 2.57. The molecule has 4 nitrogen and oxygen atoms in total. The molecule has 0 N–H and O–H groups in total. The summed E-state index contributed by atoms with van der Waals surface area (Å²) in [5, 5.41) is 0. The number of halogens is 1. The molecule has 0 spiro atoms. The fourth-order valence-corrected chi connectivity index (χ4v) is 1.55. The lowest BCUT2D eigenvalue weighted by atomic mass is 10.1. The van der Waals surface area contributed by atoms with E-state index in [2.05, 4.69) is 0 Å². The van der Waals surface area contributed by atoms with Gasteiger partial charge in [0.05, 0.1) is 26.0 Å². The standard InChI is InChI=1S/C13H17ClO4/c1-3-17-13(15)9-10-4-5-11(18-7-6-14)12(8-10)16-2/h4-5,8H,3,6-7,9H2,1-2H3. The first-order chi connectivity index (χ1) is 8.71. The van der Waals surface area contributed by atoms with Gasteiger partial charge in [0.25, 0.3) is 0 Å². The van der Waals surface area contributed by atoms with Crippen molar-refractivity contribution >= 4 is 17.6 Å². The molecule has 0 aliphatic rings. The Kier molecular flexibility index (Phi) is 6.36. The molecule has 5 heteroatoms. The van der Waals surface area contributed by atoms with Gasteiger partial charge in [-0.15, -0.1) is 11.6 Å². The Morgan fingerprint density at radius 1 is 1.33 bits per heavy atom. The van der Waals surface area contributed by atoms with Crippen LogP contribution in [0, 0.1) is 0 Å². The minimum atomic E-state index is -0.256. The van der Waals surface area contributed by atoms with Crippen molar-refractivity contribution in [2.45, 2.75) is 13.3 Å². The Morgan fingerprint density at radius 2 is 2.11 bits per heavy atom. The first-order valence-electron chi connectivity index (χ1n) is 5.72. The zero-order valence-corrected chi connectivity index (χ0v) is 11.3. The van der Waals surface area contributed by atoms with Crippen LogP contribution in [0.25, 0.3) is 0 Å². The molecule has 100 valence electrons. The second-order valence-corrected chi connectivity index (χ2v) is 3.88. The molecule has 0 saturated heterocycles. The van der Waals surface area contributed by atoms with E-state index < -0.39 is 0 Å². The molecule has 1 aromatic rings. The molecule has 0 aliphatic heterocycles. The number of methoxy groups -OCH3 is 1. The van der Waals surface area contributed by atoms with E-state index in [1.165, 1.54) is 0 Å². The first-order valence-corrected chi connectivity index (χ1v) is 6.26. The van der Waals surface area contributed by atoms with Gasteiger partial charge in [0, 0.05) is 0 Å². The van der Waals surface area contributed by atoms with E-state index in [4.69, 9.17) is 25.8 Å². The summed E-state index contributed by atoms with van der Waals surface area (Å²) in [6.07, 6.45) is 0.222. The van der Waals surface area contributed by atoms with Crippen molar-refractivity contribution in [2.75, 3.05) is 26.2 Å². The van der Waals surface area contributed by atoms with E-state index in [1.54, 1.807) is 26.2 Å². The maximum Gasteiger partial charge on any atom is 0.310 e. The third-order valence-electron chi connectivity index (χ3n) is 2.22. The zero-order valence-electron chi connectivity index (χ0n) is 10.6. The summed E-state index contributed by atoms with van der Waals surface area (Å²) in [7, 11) is 1.55. The number of carbonyl (C=O) groups is 1. The number of benzene rings is 1. The number of hydrogen-bond acceptors (Lipinski definition) is 4. The van der Waals surface area contributed by atoms with Crippen LogP contribution in [0.4, 0.5) is 0 Å². The van der Waals surface area contributed by atoms with E-state index in [-0.39, 0.29) is 12.4 Å². The van der Waals surface area contributed by atoms with Crippen molar-refractivity contribution in [2.24, 2.45) is 0 Å². The third-order valence-corrected chi connectivity index (χ3v) is 2.37. The van der Waals surface area contributed by atoms with Crippen molar-refractivity contribution in [3.05, 3.63) is 23.8 Å². The molecule has 0 heterocycles. The highest BCUT2D eigenvalue weighted by molar-refractivity contribution is 6.18. The van der Waals surface area contributed by atoms with Crippen LogP contribution in [0.15, 0.2) is 18.2 Å². The molecule has 0 aromatic heterocycles. The quantitative estimate of drug-likeness (QED) is 0.565. The first kappa shape index (κ1) is 14.6. The Morgan fingerprint density at radius 3 is 2.72 bits per heavy atom. The predicted molar refractivity (Wildman–Crippen MR) is 69.5 cm³/mol. The largest absolute Gasteiger partial charge is 0.493 e. The summed E-state index contributed by atoms with van der Waals surface area (Å²) in [5.41, 5.74) is 0.823. The average molecular weight is 273 g/mol. The fourth-order valence-electron chi connectivity index (χ4n) is 1.47. The number of carbonyl (C=O) groups excluding carboxylic acids is 1. The third kappa shape index (κ3) is 4.45. The van der Waals surface area contributed by atoms with Crippen LogP contribution in [0.3, 0.4) is 0 Å². The van der Waals surface area contributed by atoms with Gasteiger partial charge >= 0.3 is 5.97 Å². The van der Waals surface area contributed by atoms with E-state index in [1.807, 2.05) is 6.07 Å². The Hall–Kier alpha value is -1.42. The molecule has 18 heavy (non-hydrogen) atoms. The van der Waals surface area contributed by atoms with Crippen LogP contribution >= 0.6 is 11.6 Å².